The number of hydrogen-bond donors (Lipinski definition) is 2. The Labute approximate surface area is 251 Å². The van der Waals surface area contributed by atoms with Gasteiger partial charge < -0.3 is 20.9 Å². The van der Waals surface area contributed by atoms with Gasteiger partial charge in [-0.15, -0.1) is 23.5 Å². The fourth-order valence-corrected chi connectivity index (χ4v) is 5.31. The number of hydrogen-bond acceptors (Lipinski definition) is 12. The topological polar surface area (TPSA) is 191 Å². The van der Waals surface area contributed by atoms with E-state index in [1.54, 1.807) is 61.0 Å². The summed E-state index contributed by atoms with van der Waals surface area (Å²) in [6.07, 6.45) is 3.58. The second-order valence-electron chi connectivity index (χ2n) is 8.46. The number of ether oxygens (including phenoxy) is 2. The van der Waals surface area contributed by atoms with E-state index in [-0.39, 0.29) is 36.0 Å². The lowest BCUT2D eigenvalue weighted by Gasteiger charge is -2.13. The molecule has 206 valence electrons. The minimum Gasteiger partial charge on any atom is -0.490 e. The molecular weight excluding hydrogens is 569 g/mol. The predicted octanol–water partition coefficient (Wildman–Crippen LogP) is 5.36. The zero-order valence-electron chi connectivity index (χ0n) is 22.5. The van der Waals surface area contributed by atoms with Gasteiger partial charge in [0.05, 0.1) is 11.1 Å². The molecule has 0 saturated carbocycles. The van der Waals surface area contributed by atoms with Crippen molar-refractivity contribution in [2.45, 2.75) is 10.1 Å². The molecule has 2 aromatic heterocycles. The Bertz CT molecular complexity index is 1680. The molecule has 0 spiro atoms. The number of benzene rings is 2. The molecule has 0 aliphatic rings. The van der Waals surface area contributed by atoms with Gasteiger partial charge in [0.2, 0.25) is 0 Å². The third-order valence-corrected chi connectivity index (χ3v) is 7.49. The molecule has 42 heavy (non-hydrogen) atoms. The molecule has 2 heterocycles. The van der Waals surface area contributed by atoms with Gasteiger partial charge in [0.25, 0.3) is 0 Å². The smallest absolute Gasteiger partial charge is 0.143 e. The number of nitriles is 4. The standard InChI is InChI=1S/C30H22N8O2S2/c1-41-29-23(15-33)25(21(13-31)27(35)37-29)17-3-7-19(8-4-17)39-11-12-40-20-9-5-18(6-10-20)26-22(14-32)28(36)38-30(42-2)24(26)16-34/h3-10H,11-12H2,1-2H3,(H2,35,37)(H2,36,38). The van der Waals surface area contributed by atoms with E-state index in [0.29, 0.717) is 54.9 Å². The number of nitrogens with two attached hydrogens (primary N) is 2. The van der Waals surface area contributed by atoms with Crippen molar-refractivity contribution in [1.29, 1.82) is 21.0 Å². The first-order chi connectivity index (χ1) is 20.4. The fourth-order valence-electron chi connectivity index (χ4n) is 4.22. The first kappa shape index (κ1) is 29.6. The summed E-state index contributed by atoms with van der Waals surface area (Å²) in [5.41, 5.74) is 15.0. The van der Waals surface area contributed by atoms with E-state index in [1.807, 2.05) is 0 Å². The van der Waals surface area contributed by atoms with E-state index in [4.69, 9.17) is 20.9 Å². The van der Waals surface area contributed by atoms with Crippen LogP contribution in [0.3, 0.4) is 0 Å². The molecular formula is C30H22N8O2S2. The first-order valence-electron chi connectivity index (χ1n) is 12.2. The van der Waals surface area contributed by atoms with Crippen LogP contribution in [0.5, 0.6) is 11.5 Å². The van der Waals surface area contributed by atoms with Crippen LogP contribution in [-0.2, 0) is 0 Å². The molecule has 0 aliphatic carbocycles. The maximum atomic E-state index is 9.72. The lowest BCUT2D eigenvalue weighted by Crippen LogP contribution is -2.09. The number of thioether (sulfide) groups is 2. The summed E-state index contributed by atoms with van der Waals surface area (Å²) >= 11 is 2.57. The van der Waals surface area contributed by atoms with Crippen LogP contribution in [0.25, 0.3) is 22.3 Å². The molecule has 4 rings (SSSR count). The zero-order valence-corrected chi connectivity index (χ0v) is 24.1. The Kier molecular flexibility index (Phi) is 9.37. The molecule has 0 radical (unpaired) electrons. The molecule has 12 heteroatoms. The molecule has 0 unspecified atom stereocenters. The average molecular weight is 591 g/mol. The molecule has 0 bridgehead atoms. The number of rotatable bonds is 9. The average Bonchev–Trinajstić information content (AvgIpc) is 3.02. The summed E-state index contributed by atoms with van der Waals surface area (Å²) in [5, 5.41) is 39.6. The van der Waals surface area contributed by atoms with Crippen LogP contribution in [0.15, 0.2) is 58.6 Å². The lowest BCUT2D eigenvalue weighted by atomic mass is 9.97. The molecule has 0 amide bonds. The SMILES string of the molecule is CSc1nc(N)c(C#N)c(-c2ccc(OCCOc3ccc(-c4c(C#N)c(N)nc(SC)c4C#N)cc3)cc2)c1C#N. The van der Waals surface area contributed by atoms with Crippen LogP contribution in [0.2, 0.25) is 0 Å². The number of anilines is 2. The van der Waals surface area contributed by atoms with Gasteiger partial charge in [-0.3, -0.25) is 0 Å². The van der Waals surface area contributed by atoms with Gasteiger partial charge in [0.15, 0.2) is 0 Å². The first-order valence-corrected chi connectivity index (χ1v) is 14.7. The Hall–Kier alpha value is -5.40. The fraction of sp³-hybridized carbons (Fsp3) is 0.133. The van der Waals surface area contributed by atoms with Crippen molar-refractivity contribution in [2.75, 3.05) is 37.2 Å². The molecule has 4 N–H and O–H groups in total. The summed E-state index contributed by atoms with van der Waals surface area (Å²) in [6.45, 7) is 0.504. The quantitative estimate of drug-likeness (QED) is 0.187. The molecule has 0 saturated heterocycles. The largest absolute Gasteiger partial charge is 0.490 e. The number of aromatic nitrogens is 2. The van der Waals surface area contributed by atoms with Crippen LogP contribution in [0.4, 0.5) is 11.6 Å². The molecule has 0 aliphatic heterocycles. The van der Waals surface area contributed by atoms with Crippen molar-refractivity contribution in [3.63, 3.8) is 0 Å². The van der Waals surface area contributed by atoms with Crippen molar-refractivity contribution >= 4 is 35.2 Å². The Morgan fingerprint density at radius 2 is 0.929 bits per heavy atom. The maximum absolute atomic E-state index is 9.72. The third kappa shape index (κ3) is 5.87. The number of pyridine rings is 2. The zero-order chi connectivity index (χ0) is 30.2. The van der Waals surface area contributed by atoms with E-state index >= 15 is 0 Å². The minimum atomic E-state index is 0.0759. The van der Waals surface area contributed by atoms with Gasteiger partial charge in [-0.05, 0) is 47.9 Å². The molecule has 10 nitrogen and oxygen atoms in total. The molecule has 4 aromatic rings. The van der Waals surface area contributed by atoms with E-state index in [9.17, 15) is 21.0 Å². The van der Waals surface area contributed by atoms with Gasteiger partial charge >= 0.3 is 0 Å². The molecule has 0 fully saturated rings. The van der Waals surface area contributed by atoms with E-state index in [0.717, 1.165) is 0 Å². The van der Waals surface area contributed by atoms with Crippen molar-refractivity contribution in [1.82, 2.24) is 9.97 Å². The lowest BCUT2D eigenvalue weighted by molar-refractivity contribution is 0.217. The Morgan fingerprint density at radius 3 is 1.21 bits per heavy atom. The van der Waals surface area contributed by atoms with Crippen LogP contribution in [0.1, 0.15) is 22.3 Å². The van der Waals surface area contributed by atoms with Crippen LogP contribution in [-0.4, -0.2) is 35.7 Å². The van der Waals surface area contributed by atoms with E-state index in [2.05, 4.69) is 34.2 Å². The van der Waals surface area contributed by atoms with Gasteiger partial charge in [-0.25, -0.2) is 9.97 Å². The summed E-state index contributed by atoms with van der Waals surface area (Å²) in [7, 11) is 0. The summed E-state index contributed by atoms with van der Waals surface area (Å²) in [6, 6.07) is 22.4. The minimum absolute atomic E-state index is 0.0759. The van der Waals surface area contributed by atoms with E-state index in [1.165, 1.54) is 23.5 Å². The second kappa shape index (κ2) is 13.3. The van der Waals surface area contributed by atoms with E-state index < -0.39 is 0 Å². The van der Waals surface area contributed by atoms with Crippen LogP contribution in [0, 0.1) is 45.3 Å². The number of nitrogen functional groups attached to an aromatic ring is 2. The molecule has 0 atom stereocenters. The van der Waals surface area contributed by atoms with Crippen molar-refractivity contribution in [3.8, 4) is 58.0 Å². The van der Waals surface area contributed by atoms with Crippen LogP contribution < -0.4 is 20.9 Å². The van der Waals surface area contributed by atoms with Gasteiger partial charge in [0.1, 0.15) is 81.8 Å². The number of nitrogens with zero attached hydrogens (tertiary/aromatic N) is 6. The summed E-state index contributed by atoms with van der Waals surface area (Å²) in [4.78, 5) is 8.36. The highest BCUT2D eigenvalue weighted by atomic mass is 32.2. The summed E-state index contributed by atoms with van der Waals surface area (Å²) in [5.74, 6) is 1.31. The van der Waals surface area contributed by atoms with Gasteiger partial charge in [-0.1, -0.05) is 24.3 Å². The highest BCUT2D eigenvalue weighted by Crippen LogP contribution is 2.37. The Balaban J connectivity index is 1.43. The van der Waals surface area contributed by atoms with Crippen molar-refractivity contribution in [3.05, 3.63) is 70.8 Å². The van der Waals surface area contributed by atoms with Gasteiger partial charge in [-0.2, -0.15) is 21.0 Å². The molecule has 2 aromatic carbocycles. The van der Waals surface area contributed by atoms with Crippen molar-refractivity contribution < 1.29 is 9.47 Å². The second-order valence-corrected chi connectivity index (χ2v) is 10.0. The predicted molar refractivity (Wildman–Crippen MR) is 162 cm³/mol. The summed E-state index contributed by atoms with van der Waals surface area (Å²) < 4.78 is 11.6. The highest BCUT2D eigenvalue weighted by molar-refractivity contribution is 7.98. The van der Waals surface area contributed by atoms with Gasteiger partial charge in [0, 0.05) is 11.1 Å². The normalized spacial score (nSPS) is 10.1. The van der Waals surface area contributed by atoms with Crippen molar-refractivity contribution in [2.24, 2.45) is 0 Å². The van der Waals surface area contributed by atoms with Crippen LogP contribution >= 0.6 is 23.5 Å². The third-order valence-electron chi connectivity index (χ3n) is 6.12. The monoisotopic (exact) mass is 590 g/mol. The Morgan fingerprint density at radius 1 is 0.595 bits per heavy atom. The maximum Gasteiger partial charge on any atom is 0.143 e. The highest BCUT2D eigenvalue weighted by Gasteiger charge is 2.21.